The molecule has 0 bridgehead atoms. The number of amides is 1. The van der Waals surface area contributed by atoms with Gasteiger partial charge in [0, 0.05) is 6.20 Å². The standard InChI is InChI=1S/C19H29N3O/c1-3-16(17-14-15(2)8-11-20-17)21-18(23)19(9-4-5-10-19)22-12-6-7-13-22/h8,11,14,16H,3-7,9-10,12-13H2,1-2H3,(H,21,23)/t16-/m0/s1. The summed E-state index contributed by atoms with van der Waals surface area (Å²) in [7, 11) is 0. The zero-order chi connectivity index (χ0) is 16.3. The van der Waals surface area contributed by atoms with Gasteiger partial charge in [0.15, 0.2) is 0 Å². The lowest BCUT2D eigenvalue weighted by Crippen LogP contribution is -2.56. The fourth-order valence-electron chi connectivity index (χ4n) is 4.22. The Hall–Kier alpha value is -1.42. The van der Waals surface area contributed by atoms with Gasteiger partial charge in [-0.25, -0.2) is 0 Å². The van der Waals surface area contributed by atoms with Crippen LogP contribution in [0, 0.1) is 6.92 Å². The molecule has 1 saturated carbocycles. The topological polar surface area (TPSA) is 45.2 Å². The molecule has 3 rings (SSSR count). The van der Waals surface area contributed by atoms with Crippen molar-refractivity contribution in [3.63, 3.8) is 0 Å². The van der Waals surface area contributed by atoms with Crippen LogP contribution in [0.4, 0.5) is 0 Å². The first-order valence-corrected chi connectivity index (χ1v) is 9.14. The molecule has 23 heavy (non-hydrogen) atoms. The minimum absolute atomic E-state index is 0.0162. The minimum Gasteiger partial charge on any atom is -0.346 e. The highest BCUT2D eigenvalue weighted by Crippen LogP contribution is 2.38. The number of pyridine rings is 1. The first-order chi connectivity index (χ1) is 11.2. The number of hydrogen-bond acceptors (Lipinski definition) is 3. The number of carbonyl (C=O) groups is 1. The second-order valence-corrected chi connectivity index (χ2v) is 7.13. The third kappa shape index (κ3) is 3.27. The molecule has 1 aliphatic carbocycles. The Morgan fingerprint density at radius 3 is 2.61 bits per heavy atom. The van der Waals surface area contributed by atoms with Gasteiger partial charge in [0.2, 0.25) is 5.91 Å². The van der Waals surface area contributed by atoms with Crippen LogP contribution in [0.3, 0.4) is 0 Å². The highest BCUT2D eigenvalue weighted by molar-refractivity contribution is 5.87. The van der Waals surface area contributed by atoms with Crippen LogP contribution in [0.1, 0.15) is 69.2 Å². The van der Waals surface area contributed by atoms with E-state index in [2.05, 4.69) is 35.1 Å². The maximum absolute atomic E-state index is 13.2. The van der Waals surface area contributed by atoms with E-state index in [-0.39, 0.29) is 17.5 Å². The van der Waals surface area contributed by atoms with E-state index in [9.17, 15) is 4.79 Å². The van der Waals surface area contributed by atoms with Gasteiger partial charge in [0.05, 0.1) is 11.7 Å². The number of nitrogens with one attached hydrogen (secondary N) is 1. The van der Waals surface area contributed by atoms with Crippen molar-refractivity contribution in [3.8, 4) is 0 Å². The van der Waals surface area contributed by atoms with Crippen LogP contribution in [0.15, 0.2) is 18.3 Å². The zero-order valence-electron chi connectivity index (χ0n) is 14.5. The average molecular weight is 315 g/mol. The summed E-state index contributed by atoms with van der Waals surface area (Å²) in [6.07, 6.45) is 9.53. The Labute approximate surface area is 139 Å². The van der Waals surface area contributed by atoms with Crippen molar-refractivity contribution in [2.24, 2.45) is 0 Å². The molecule has 0 aromatic carbocycles. The second kappa shape index (κ2) is 7.00. The van der Waals surface area contributed by atoms with Crippen molar-refractivity contribution in [1.82, 2.24) is 15.2 Å². The largest absolute Gasteiger partial charge is 0.346 e. The van der Waals surface area contributed by atoms with Gasteiger partial charge >= 0.3 is 0 Å². The van der Waals surface area contributed by atoms with Gasteiger partial charge in [0.25, 0.3) is 0 Å². The number of aromatic nitrogens is 1. The number of carbonyl (C=O) groups excluding carboxylic acids is 1. The molecule has 2 fully saturated rings. The molecule has 1 aromatic heterocycles. The normalized spacial score (nSPS) is 22.2. The number of rotatable bonds is 5. The lowest BCUT2D eigenvalue weighted by atomic mass is 9.93. The van der Waals surface area contributed by atoms with Crippen LogP contribution in [-0.4, -0.2) is 34.4 Å². The summed E-state index contributed by atoms with van der Waals surface area (Å²) in [5.74, 6) is 0.229. The summed E-state index contributed by atoms with van der Waals surface area (Å²) in [6.45, 7) is 6.34. The Morgan fingerprint density at radius 1 is 1.30 bits per heavy atom. The summed E-state index contributed by atoms with van der Waals surface area (Å²) in [5, 5.41) is 3.33. The molecule has 1 atom stereocenters. The van der Waals surface area contributed by atoms with Crippen molar-refractivity contribution >= 4 is 5.91 Å². The number of nitrogens with zero attached hydrogens (tertiary/aromatic N) is 2. The van der Waals surface area contributed by atoms with E-state index in [1.165, 1.54) is 31.2 Å². The molecule has 1 aliphatic heterocycles. The monoisotopic (exact) mass is 315 g/mol. The highest BCUT2D eigenvalue weighted by Gasteiger charge is 2.47. The van der Waals surface area contributed by atoms with Crippen LogP contribution in [0.2, 0.25) is 0 Å². The SMILES string of the molecule is CC[C@H](NC(=O)C1(N2CCCC2)CCCC1)c1cc(C)ccn1. The van der Waals surface area contributed by atoms with Gasteiger partial charge in [-0.15, -0.1) is 0 Å². The van der Waals surface area contributed by atoms with E-state index in [4.69, 9.17) is 0 Å². The molecule has 1 amide bonds. The summed E-state index contributed by atoms with van der Waals surface area (Å²) in [5.41, 5.74) is 1.92. The van der Waals surface area contributed by atoms with Crippen LogP contribution in [0.25, 0.3) is 0 Å². The summed E-state index contributed by atoms with van der Waals surface area (Å²) in [6, 6.07) is 4.11. The van der Waals surface area contributed by atoms with E-state index in [1.54, 1.807) is 0 Å². The molecule has 0 spiro atoms. The highest BCUT2D eigenvalue weighted by atomic mass is 16.2. The molecule has 4 nitrogen and oxygen atoms in total. The van der Waals surface area contributed by atoms with E-state index < -0.39 is 0 Å². The summed E-state index contributed by atoms with van der Waals surface area (Å²) < 4.78 is 0. The summed E-state index contributed by atoms with van der Waals surface area (Å²) in [4.78, 5) is 20.1. The smallest absolute Gasteiger partial charge is 0.241 e. The molecular formula is C19H29N3O. The molecule has 0 radical (unpaired) electrons. The van der Waals surface area contributed by atoms with E-state index in [0.29, 0.717) is 0 Å². The van der Waals surface area contributed by atoms with Gasteiger partial charge in [-0.3, -0.25) is 14.7 Å². The lowest BCUT2D eigenvalue weighted by Gasteiger charge is -2.38. The predicted molar refractivity (Wildman–Crippen MR) is 92.2 cm³/mol. The maximum atomic E-state index is 13.2. The fraction of sp³-hybridized carbons (Fsp3) is 0.684. The van der Waals surface area contributed by atoms with Gasteiger partial charge in [-0.05, 0) is 69.8 Å². The Bertz CT molecular complexity index is 545. The lowest BCUT2D eigenvalue weighted by molar-refractivity contribution is -0.133. The molecule has 2 aliphatic rings. The second-order valence-electron chi connectivity index (χ2n) is 7.13. The molecular weight excluding hydrogens is 286 g/mol. The van der Waals surface area contributed by atoms with Gasteiger partial charge in [0.1, 0.15) is 5.54 Å². The molecule has 1 N–H and O–H groups in total. The van der Waals surface area contributed by atoms with Crippen molar-refractivity contribution < 1.29 is 4.79 Å². The third-order valence-electron chi connectivity index (χ3n) is 5.57. The van der Waals surface area contributed by atoms with Gasteiger partial charge < -0.3 is 5.32 Å². The Kier molecular flexibility index (Phi) is 5.00. The average Bonchev–Trinajstić information content (AvgIpc) is 3.23. The predicted octanol–water partition coefficient (Wildman–Crippen LogP) is 3.37. The molecule has 4 heteroatoms. The molecule has 0 unspecified atom stereocenters. The Morgan fingerprint density at radius 2 is 2.00 bits per heavy atom. The number of hydrogen-bond donors (Lipinski definition) is 1. The molecule has 2 heterocycles. The zero-order valence-corrected chi connectivity index (χ0v) is 14.5. The third-order valence-corrected chi connectivity index (χ3v) is 5.57. The maximum Gasteiger partial charge on any atom is 0.241 e. The van der Waals surface area contributed by atoms with Crippen molar-refractivity contribution in [2.75, 3.05) is 13.1 Å². The van der Waals surface area contributed by atoms with Gasteiger partial charge in [-0.1, -0.05) is 19.8 Å². The summed E-state index contributed by atoms with van der Waals surface area (Å²) >= 11 is 0. The van der Waals surface area contributed by atoms with E-state index in [1.807, 2.05) is 12.3 Å². The Balaban J connectivity index is 1.77. The first-order valence-electron chi connectivity index (χ1n) is 9.14. The van der Waals surface area contributed by atoms with Crippen molar-refractivity contribution in [2.45, 2.75) is 70.4 Å². The number of aryl methyl sites for hydroxylation is 1. The number of likely N-dealkylation sites (tertiary alicyclic amines) is 1. The van der Waals surface area contributed by atoms with Crippen molar-refractivity contribution in [3.05, 3.63) is 29.6 Å². The quantitative estimate of drug-likeness (QED) is 0.906. The van der Waals surface area contributed by atoms with Crippen molar-refractivity contribution in [1.29, 1.82) is 0 Å². The molecule has 1 aromatic rings. The molecule has 126 valence electrons. The van der Waals surface area contributed by atoms with Crippen LogP contribution < -0.4 is 5.32 Å². The molecule has 1 saturated heterocycles. The fourth-order valence-corrected chi connectivity index (χ4v) is 4.22. The van der Waals surface area contributed by atoms with Gasteiger partial charge in [-0.2, -0.15) is 0 Å². The van der Waals surface area contributed by atoms with E-state index in [0.717, 1.165) is 38.0 Å². The van der Waals surface area contributed by atoms with Crippen LogP contribution in [-0.2, 0) is 4.79 Å². The minimum atomic E-state index is -0.256. The van der Waals surface area contributed by atoms with E-state index >= 15 is 0 Å². The van der Waals surface area contributed by atoms with Crippen LogP contribution >= 0.6 is 0 Å². The van der Waals surface area contributed by atoms with Crippen LogP contribution in [0.5, 0.6) is 0 Å². The first kappa shape index (κ1) is 16.4.